The molecular weight excluding hydrogens is 272 g/mol. The summed E-state index contributed by atoms with van der Waals surface area (Å²) >= 11 is 0. The Morgan fingerprint density at radius 1 is 1.33 bits per heavy atom. The number of nitrogens with one attached hydrogen (secondary N) is 1. The summed E-state index contributed by atoms with van der Waals surface area (Å²) in [6.07, 6.45) is 5.81. The monoisotopic (exact) mass is 294 g/mol. The summed E-state index contributed by atoms with van der Waals surface area (Å²) in [5.41, 5.74) is 0. The second-order valence-corrected chi connectivity index (χ2v) is 5.74. The quantitative estimate of drug-likeness (QED) is 0.899. The molecule has 1 aliphatic heterocycles. The number of hydrogen-bond acceptors (Lipinski definition) is 5. The molecule has 0 unspecified atom stereocenters. The molecule has 2 aliphatic rings. The Kier molecular flexibility index (Phi) is 4.38. The number of carbonyl (C=O) groups excluding carboxylic acids is 1. The molecule has 1 saturated carbocycles. The number of ether oxygens (including phenoxy) is 1. The van der Waals surface area contributed by atoms with E-state index in [0.717, 1.165) is 12.8 Å². The van der Waals surface area contributed by atoms with Crippen LogP contribution in [0.25, 0.3) is 0 Å². The van der Waals surface area contributed by atoms with E-state index >= 15 is 0 Å². The molecule has 1 atom stereocenters. The van der Waals surface area contributed by atoms with Gasteiger partial charge in [-0.05, 0) is 12.8 Å². The first-order chi connectivity index (χ1) is 10.2. The van der Waals surface area contributed by atoms with Gasteiger partial charge in [-0.1, -0.05) is 24.4 Å². The minimum Gasteiger partial charge on any atom is -0.377 e. The minimum atomic E-state index is -0.264. The Morgan fingerprint density at radius 3 is 2.86 bits per heavy atom. The average Bonchev–Trinajstić information content (AvgIpc) is 2.95. The van der Waals surface area contributed by atoms with E-state index in [9.17, 15) is 4.79 Å². The predicted octanol–water partition coefficient (Wildman–Crippen LogP) is 1.79. The molecule has 116 valence electrons. The molecule has 1 aliphatic carbocycles. The van der Waals surface area contributed by atoms with E-state index in [2.05, 4.69) is 15.5 Å². The van der Waals surface area contributed by atoms with Crippen molar-refractivity contribution in [3.63, 3.8) is 0 Å². The number of urea groups is 1. The maximum atomic E-state index is 12.5. The summed E-state index contributed by atoms with van der Waals surface area (Å²) < 4.78 is 10.5. The van der Waals surface area contributed by atoms with Gasteiger partial charge in [-0.25, -0.2) is 4.79 Å². The Bertz CT molecular complexity index is 484. The highest BCUT2D eigenvalue weighted by Crippen LogP contribution is 2.23. The largest absolute Gasteiger partial charge is 0.377 e. The molecule has 1 saturated heterocycles. The first-order valence-corrected chi connectivity index (χ1v) is 7.69. The highest BCUT2D eigenvalue weighted by atomic mass is 16.5. The van der Waals surface area contributed by atoms with Crippen LogP contribution in [0.3, 0.4) is 0 Å². The number of aryl methyl sites for hydroxylation is 1. The van der Waals surface area contributed by atoms with Crippen molar-refractivity contribution in [3.8, 4) is 0 Å². The van der Waals surface area contributed by atoms with Crippen molar-refractivity contribution in [3.05, 3.63) is 11.7 Å². The van der Waals surface area contributed by atoms with Crippen LogP contribution in [0.4, 0.5) is 4.79 Å². The van der Waals surface area contributed by atoms with Gasteiger partial charge in [-0.15, -0.1) is 0 Å². The molecule has 1 aromatic heterocycles. The van der Waals surface area contributed by atoms with E-state index in [1.54, 1.807) is 11.8 Å². The number of aromatic nitrogens is 2. The molecule has 1 N–H and O–H groups in total. The minimum absolute atomic E-state index is 0.0438. The Labute approximate surface area is 124 Å². The predicted molar refractivity (Wildman–Crippen MR) is 74.7 cm³/mol. The summed E-state index contributed by atoms with van der Waals surface area (Å²) in [5.74, 6) is 1.02. The molecule has 2 fully saturated rings. The molecule has 2 heterocycles. The molecule has 0 spiro atoms. The zero-order chi connectivity index (χ0) is 14.7. The Hall–Kier alpha value is -1.63. The highest BCUT2D eigenvalue weighted by Gasteiger charge is 2.33. The van der Waals surface area contributed by atoms with Gasteiger partial charge in [0.25, 0.3) is 0 Å². The van der Waals surface area contributed by atoms with Gasteiger partial charge >= 0.3 is 6.03 Å². The first-order valence-electron chi connectivity index (χ1n) is 7.69. The van der Waals surface area contributed by atoms with E-state index < -0.39 is 0 Å². The van der Waals surface area contributed by atoms with Crippen LogP contribution in [0.2, 0.25) is 0 Å². The second kappa shape index (κ2) is 6.43. The second-order valence-electron chi connectivity index (χ2n) is 5.74. The molecule has 3 rings (SSSR count). The van der Waals surface area contributed by atoms with E-state index in [1.807, 2.05) is 0 Å². The molecule has 7 nitrogen and oxygen atoms in total. The first kappa shape index (κ1) is 14.3. The van der Waals surface area contributed by atoms with Crippen LogP contribution in [0.1, 0.15) is 49.9 Å². The number of hydrogen-bond donors (Lipinski definition) is 1. The van der Waals surface area contributed by atoms with Crippen molar-refractivity contribution >= 4 is 6.03 Å². The van der Waals surface area contributed by atoms with Crippen LogP contribution in [0.5, 0.6) is 0 Å². The number of rotatable bonds is 2. The fourth-order valence-electron chi connectivity index (χ4n) is 3.02. The standard InChI is InChI=1S/C14H22N4O3/c1-10-15-13(17-21-10)12-9-20-8-7-18(12)14(19)16-11-5-3-2-4-6-11/h11-12H,2-9H2,1H3,(H,16,19)/t12-/m1/s1. The van der Waals surface area contributed by atoms with Crippen molar-refractivity contribution in [2.24, 2.45) is 0 Å². The van der Waals surface area contributed by atoms with Gasteiger partial charge in [-0.3, -0.25) is 0 Å². The van der Waals surface area contributed by atoms with E-state index in [1.165, 1.54) is 19.3 Å². The zero-order valence-electron chi connectivity index (χ0n) is 12.4. The Morgan fingerprint density at radius 2 is 2.14 bits per heavy atom. The third-order valence-corrected chi connectivity index (χ3v) is 4.16. The van der Waals surface area contributed by atoms with Crippen LogP contribution in [0, 0.1) is 6.92 Å². The van der Waals surface area contributed by atoms with Crippen LogP contribution < -0.4 is 5.32 Å². The lowest BCUT2D eigenvalue weighted by Gasteiger charge is -2.35. The lowest BCUT2D eigenvalue weighted by atomic mass is 9.96. The summed E-state index contributed by atoms with van der Waals surface area (Å²) in [6, 6.07) is -0.0146. The summed E-state index contributed by atoms with van der Waals surface area (Å²) in [7, 11) is 0. The normalized spacial score (nSPS) is 24.0. The van der Waals surface area contributed by atoms with E-state index in [0.29, 0.717) is 37.5 Å². The van der Waals surface area contributed by atoms with Gasteiger partial charge in [0.05, 0.1) is 13.2 Å². The summed E-state index contributed by atoms with van der Waals surface area (Å²) in [6.45, 7) is 3.26. The third-order valence-electron chi connectivity index (χ3n) is 4.16. The molecule has 0 bridgehead atoms. The SMILES string of the molecule is Cc1nc([C@H]2COCCN2C(=O)NC2CCCCC2)no1. The molecule has 0 radical (unpaired) electrons. The summed E-state index contributed by atoms with van der Waals surface area (Å²) in [4.78, 5) is 18.5. The third kappa shape index (κ3) is 3.34. The average molecular weight is 294 g/mol. The van der Waals surface area contributed by atoms with Crippen LogP contribution in [0.15, 0.2) is 4.52 Å². The van der Waals surface area contributed by atoms with Crippen molar-refractivity contribution in [1.82, 2.24) is 20.4 Å². The van der Waals surface area contributed by atoms with E-state index in [4.69, 9.17) is 9.26 Å². The molecule has 1 aromatic rings. The molecule has 7 heteroatoms. The number of morpholine rings is 1. The number of amides is 2. The topological polar surface area (TPSA) is 80.5 Å². The molecule has 0 aromatic carbocycles. The van der Waals surface area contributed by atoms with Crippen LogP contribution in [-0.2, 0) is 4.74 Å². The maximum Gasteiger partial charge on any atom is 0.318 e. The number of carbonyl (C=O) groups is 1. The molecule has 21 heavy (non-hydrogen) atoms. The van der Waals surface area contributed by atoms with Gasteiger partial charge < -0.3 is 19.5 Å². The van der Waals surface area contributed by atoms with Crippen molar-refractivity contribution in [2.45, 2.75) is 51.1 Å². The Balaban J connectivity index is 1.66. The van der Waals surface area contributed by atoms with Gasteiger partial charge in [0.2, 0.25) is 5.89 Å². The van der Waals surface area contributed by atoms with Gasteiger partial charge in [-0.2, -0.15) is 4.98 Å². The molecule has 2 amide bonds. The van der Waals surface area contributed by atoms with Crippen LogP contribution >= 0.6 is 0 Å². The van der Waals surface area contributed by atoms with Gasteiger partial charge in [0, 0.05) is 19.5 Å². The van der Waals surface area contributed by atoms with Gasteiger partial charge in [0.1, 0.15) is 6.04 Å². The summed E-state index contributed by atoms with van der Waals surface area (Å²) in [5, 5.41) is 7.07. The van der Waals surface area contributed by atoms with Crippen molar-refractivity contribution in [1.29, 1.82) is 0 Å². The lowest BCUT2D eigenvalue weighted by Crippen LogP contribution is -2.51. The lowest BCUT2D eigenvalue weighted by molar-refractivity contribution is 0.00706. The highest BCUT2D eigenvalue weighted by molar-refractivity contribution is 5.75. The smallest absolute Gasteiger partial charge is 0.318 e. The number of nitrogens with zero attached hydrogens (tertiary/aromatic N) is 3. The van der Waals surface area contributed by atoms with Gasteiger partial charge in [0.15, 0.2) is 5.82 Å². The molecular formula is C14H22N4O3. The van der Waals surface area contributed by atoms with Crippen molar-refractivity contribution < 1.29 is 14.1 Å². The fourth-order valence-corrected chi connectivity index (χ4v) is 3.02. The fraction of sp³-hybridized carbons (Fsp3) is 0.786. The zero-order valence-corrected chi connectivity index (χ0v) is 12.4. The van der Waals surface area contributed by atoms with E-state index in [-0.39, 0.29) is 12.1 Å². The maximum absolute atomic E-state index is 12.5. The van der Waals surface area contributed by atoms with Crippen LogP contribution in [-0.4, -0.2) is 46.9 Å². The van der Waals surface area contributed by atoms with Crippen molar-refractivity contribution in [2.75, 3.05) is 19.8 Å².